The second-order valence-electron chi connectivity index (χ2n) is 5.16. The SMILES string of the molecule is Cc1ccc(CN(CCCO)C(=O)NC(C)c2nnc(N)s2)s1. The van der Waals surface area contributed by atoms with Gasteiger partial charge in [0.2, 0.25) is 5.13 Å². The second-order valence-corrected chi connectivity index (χ2v) is 7.57. The van der Waals surface area contributed by atoms with E-state index in [1.165, 1.54) is 16.2 Å². The smallest absolute Gasteiger partial charge is 0.318 e. The molecule has 0 saturated carbocycles. The summed E-state index contributed by atoms with van der Waals surface area (Å²) in [7, 11) is 0. The van der Waals surface area contributed by atoms with Crippen LogP contribution in [0.4, 0.5) is 9.93 Å². The van der Waals surface area contributed by atoms with Gasteiger partial charge in [0, 0.05) is 22.9 Å². The van der Waals surface area contributed by atoms with Crippen molar-refractivity contribution in [3.63, 3.8) is 0 Å². The molecular formula is C14H21N5O2S2. The van der Waals surface area contributed by atoms with Crippen LogP contribution < -0.4 is 11.1 Å². The minimum Gasteiger partial charge on any atom is -0.396 e. The largest absolute Gasteiger partial charge is 0.396 e. The average Bonchev–Trinajstić information content (AvgIpc) is 3.12. The fourth-order valence-electron chi connectivity index (χ4n) is 2.03. The quantitative estimate of drug-likeness (QED) is 0.706. The summed E-state index contributed by atoms with van der Waals surface area (Å²) in [5.74, 6) is 0. The van der Waals surface area contributed by atoms with Gasteiger partial charge in [-0.1, -0.05) is 11.3 Å². The Hall–Kier alpha value is -1.71. The predicted octanol–water partition coefficient (Wildman–Crippen LogP) is 2.15. The number of carbonyl (C=O) groups excluding carboxylic acids is 1. The van der Waals surface area contributed by atoms with Crippen LogP contribution in [0.1, 0.15) is 34.1 Å². The second kappa shape index (κ2) is 8.23. The molecule has 0 aliphatic rings. The summed E-state index contributed by atoms with van der Waals surface area (Å²) in [5.41, 5.74) is 5.57. The van der Waals surface area contributed by atoms with Crippen LogP contribution in [0.25, 0.3) is 0 Å². The molecule has 4 N–H and O–H groups in total. The van der Waals surface area contributed by atoms with Crippen LogP contribution in [0.3, 0.4) is 0 Å². The number of aromatic nitrogens is 2. The van der Waals surface area contributed by atoms with Crippen molar-refractivity contribution in [3.8, 4) is 0 Å². The summed E-state index contributed by atoms with van der Waals surface area (Å²) >= 11 is 2.92. The van der Waals surface area contributed by atoms with Crippen LogP contribution in [-0.4, -0.2) is 39.4 Å². The topological polar surface area (TPSA) is 104 Å². The summed E-state index contributed by atoms with van der Waals surface area (Å²) in [5, 5.41) is 20.7. The van der Waals surface area contributed by atoms with E-state index in [0.717, 1.165) is 4.88 Å². The molecule has 2 amide bonds. The van der Waals surface area contributed by atoms with Gasteiger partial charge in [0.1, 0.15) is 5.01 Å². The number of aliphatic hydroxyl groups is 1. The van der Waals surface area contributed by atoms with Crippen molar-refractivity contribution in [1.29, 1.82) is 0 Å². The first-order valence-corrected chi connectivity index (χ1v) is 8.93. The zero-order valence-electron chi connectivity index (χ0n) is 13.2. The first-order valence-electron chi connectivity index (χ1n) is 7.30. The molecule has 126 valence electrons. The van der Waals surface area contributed by atoms with Crippen molar-refractivity contribution < 1.29 is 9.90 Å². The van der Waals surface area contributed by atoms with Gasteiger partial charge in [-0.15, -0.1) is 21.5 Å². The van der Waals surface area contributed by atoms with Crippen molar-refractivity contribution in [2.75, 3.05) is 18.9 Å². The minimum atomic E-state index is -0.265. The molecule has 0 aliphatic carbocycles. The Labute approximate surface area is 143 Å². The molecule has 1 unspecified atom stereocenters. The van der Waals surface area contributed by atoms with E-state index in [0.29, 0.717) is 29.6 Å². The molecule has 0 aromatic carbocycles. The number of rotatable bonds is 7. The van der Waals surface area contributed by atoms with Crippen LogP contribution in [0.5, 0.6) is 0 Å². The Bertz CT molecular complexity index is 643. The molecule has 2 aromatic heterocycles. The number of thiophene rings is 1. The molecule has 1 atom stereocenters. The number of hydrogen-bond donors (Lipinski definition) is 3. The van der Waals surface area contributed by atoms with Crippen molar-refractivity contribution in [2.24, 2.45) is 0 Å². The molecule has 0 saturated heterocycles. The first-order chi connectivity index (χ1) is 11.0. The molecule has 23 heavy (non-hydrogen) atoms. The third kappa shape index (κ3) is 5.15. The van der Waals surface area contributed by atoms with E-state index in [9.17, 15) is 4.79 Å². The van der Waals surface area contributed by atoms with Gasteiger partial charge < -0.3 is 21.1 Å². The zero-order chi connectivity index (χ0) is 16.8. The number of aliphatic hydroxyl groups excluding tert-OH is 1. The van der Waals surface area contributed by atoms with E-state index in [1.807, 2.05) is 26.0 Å². The highest BCUT2D eigenvalue weighted by atomic mass is 32.1. The van der Waals surface area contributed by atoms with Gasteiger partial charge in [0.05, 0.1) is 12.6 Å². The van der Waals surface area contributed by atoms with Gasteiger partial charge in [-0.05, 0) is 32.4 Å². The third-order valence-electron chi connectivity index (χ3n) is 3.18. The van der Waals surface area contributed by atoms with Crippen molar-refractivity contribution in [3.05, 3.63) is 26.9 Å². The maximum absolute atomic E-state index is 12.5. The standard InChI is InChI=1S/C14H21N5O2S2/c1-9-4-5-11(22-9)8-19(6-3-7-20)14(21)16-10(2)12-17-18-13(15)23-12/h4-5,10,20H,3,6-8H2,1-2H3,(H2,15,18)(H,16,21). The first kappa shape index (κ1) is 17.6. The van der Waals surface area contributed by atoms with E-state index in [4.69, 9.17) is 10.8 Å². The van der Waals surface area contributed by atoms with Crippen molar-refractivity contribution in [2.45, 2.75) is 32.9 Å². The van der Waals surface area contributed by atoms with Crippen LogP contribution >= 0.6 is 22.7 Å². The van der Waals surface area contributed by atoms with Gasteiger partial charge >= 0.3 is 6.03 Å². The Morgan fingerprint density at radius 3 is 2.78 bits per heavy atom. The van der Waals surface area contributed by atoms with Crippen LogP contribution in [0.2, 0.25) is 0 Å². The highest BCUT2D eigenvalue weighted by molar-refractivity contribution is 7.15. The van der Waals surface area contributed by atoms with Crippen LogP contribution in [0, 0.1) is 6.92 Å². The average molecular weight is 355 g/mol. The Balaban J connectivity index is 2.00. The number of urea groups is 1. The number of anilines is 1. The van der Waals surface area contributed by atoms with E-state index in [2.05, 4.69) is 15.5 Å². The number of hydrogen-bond acceptors (Lipinski definition) is 7. The number of carbonyl (C=O) groups is 1. The lowest BCUT2D eigenvalue weighted by Crippen LogP contribution is -2.41. The molecule has 0 fully saturated rings. The number of aryl methyl sites for hydroxylation is 1. The Morgan fingerprint density at radius 1 is 1.43 bits per heavy atom. The summed E-state index contributed by atoms with van der Waals surface area (Å²) in [6.07, 6.45) is 0.540. The molecule has 2 rings (SSSR count). The molecule has 2 heterocycles. The third-order valence-corrected chi connectivity index (χ3v) is 5.10. The molecule has 7 nitrogen and oxygen atoms in total. The number of nitrogen functional groups attached to an aromatic ring is 1. The molecule has 0 bridgehead atoms. The maximum Gasteiger partial charge on any atom is 0.318 e. The maximum atomic E-state index is 12.5. The Morgan fingerprint density at radius 2 is 2.22 bits per heavy atom. The van der Waals surface area contributed by atoms with Gasteiger partial charge in [-0.25, -0.2) is 4.79 Å². The van der Waals surface area contributed by atoms with E-state index >= 15 is 0 Å². The summed E-state index contributed by atoms with van der Waals surface area (Å²) in [6, 6.07) is 3.60. The summed E-state index contributed by atoms with van der Waals surface area (Å²) in [4.78, 5) is 16.5. The molecule has 2 aromatic rings. The number of nitrogens with one attached hydrogen (secondary N) is 1. The monoisotopic (exact) mass is 355 g/mol. The van der Waals surface area contributed by atoms with Gasteiger partial charge in [0.25, 0.3) is 0 Å². The summed E-state index contributed by atoms with van der Waals surface area (Å²) < 4.78 is 0. The lowest BCUT2D eigenvalue weighted by molar-refractivity contribution is 0.184. The van der Waals surface area contributed by atoms with Gasteiger partial charge in [0.15, 0.2) is 0 Å². The molecular weight excluding hydrogens is 334 g/mol. The molecule has 0 aliphatic heterocycles. The van der Waals surface area contributed by atoms with Gasteiger partial charge in [-0.2, -0.15) is 0 Å². The fraction of sp³-hybridized carbons (Fsp3) is 0.500. The molecule has 0 radical (unpaired) electrons. The molecule has 9 heteroatoms. The lowest BCUT2D eigenvalue weighted by atomic mass is 10.3. The molecule has 0 spiro atoms. The van der Waals surface area contributed by atoms with E-state index < -0.39 is 0 Å². The van der Waals surface area contributed by atoms with Crippen molar-refractivity contribution >= 4 is 33.8 Å². The summed E-state index contributed by atoms with van der Waals surface area (Å²) in [6.45, 7) is 4.95. The lowest BCUT2D eigenvalue weighted by Gasteiger charge is -2.24. The predicted molar refractivity (Wildman–Crippen MR) is 92.4 cm³/mol. The van der Waals surface area contributed by atoms with E-state index in [1.54, 1.807) is 16.2 Å². The minimum absolute atomic E-state index is 0.0513. The highest BCUT2D eigenvalue weighted by Crippen LogP contribution is 2.20. The number of nitrogens with two attached hydrogens (primary N) is 1. The zero-order valence-corrected chi connectivity index (χ0v) is 14.8. The Kier molecular flexibility index (Phi) is 6.31. The van der Waals surface area contributed by atoms with Crippen molar-refractivity contribution in [1.82, 2.24) is 20.4 Å². The number of nitrogens with zero attached hydrogens (tertiary/aromatic N) is 3. The normalized spacial score (nSPS) is 12.1. The number of amides is 2. The fourth-order valence-corrected chi connectivity index (χ4v) is 3.55. The van der Waals surface area contributed by atoms with E-state index in [-0.39, 0.29) is 18.7 Å². The highest BCUT2D eigenvalue weighted by Gasteiger charge is 2.19. The van der Waals surface area contributed by atoms with Crippen LogP contribution in [0.15, 0.2) is 12.1 Å². The van der Waals surface area contributed by atoms with Gasteiger partial charge in [-0.3, -0.25) is 0 Å². The van der Waals surface area contributed by atoms with Crippen LogP contribution in [-0.2, 0) is 6.54 Å².